The van der Waals surface area contributed by atoms with Gasteiger partial charge in [-0.15, -0.1) is 0 Å². The van der Waals surface area contributed by atoms with E-state index in [0.29, 0.717) is 0 Å². The third kappa shape index (κ3) is 10.4. The Bertz CT molecular complexity index is 1320. The van der Waals surface area contributed by atoms with Gasteiger partial charge in [0.05, 0.1) is 5.56 Å². The molecule has 1 aliphatic rings. The summed E-state index contributed by atoms with van der Waals surface area (Å²) < 4.78 is 42.5. The molecule has 0 saturated carbocycles. The molecule has 1 heterocycles. The predicted octanol–water partition coefficient (Wildman–Crippen LogP) is 2.05. The fourth-order valence-corrected chi connectivity index (χ4v) is 4.10. The van der Waals surface area contributed by atoms with E-state index in [1.165, 1.54) is 24.3 Å². The Balaban J connectivity index is 1.65. The summed E-state index contributed by atoms with van der Waals surface area (Å²) in [4.78, 5) is 72.1. The van der Waals surface area contributed by atoms with E-state index in [1.807, 2.05) is 30.3 Å². The van der Waals surface area contributed by atoms with Crippen LogP contribution in [0.4, 0.5) is 0 Å². The van der Waals surface area contributed by atoms with Crippen LogP contribution >= 0.6 is 0 Å². The molecule has 0 bridgehead atoms. The summed E-state index contributed by atoms with van der Waals surface area (Å²) in [6, 6.07) is 14.8. The van der Waals surface area contributed by atoms with Crippen LogP contribution in [0.25, 0.3) is 0 Å². The molecule has 236 valence electrons. The van der Waals surface area contributed by atoms with Crippen LogP contribution in [0.3, 0.4) is 0 Å². The van der Waals surface area contributed by atoms with Crippen molar-refractivity contribution >= 4 is 35.8 Å². The fourth-order valence-electron chi connectivity index (χ4n) is 4.10. The van der Waals surface area contributed by atoms with E-state index >= 15 is 0 Å². The Hall–Kier alpha value is -4.98. The minimum Gasteiger partial charge on any atom is -0.482 e. The standard InChI is InChI=1S/C30H32O14/c1-17(31)40-26-24(44-30(43-20(4)34)28(42-19(3)33)27(26)41-18(2)32)15-39-29(36)22-10-12-23(13-11-22)37-16-25(35)38-14-21-8-6-5-7-9-21/h5-13,24,26-28,30H,14-16H2,1-4H3/t24-,26-,27+,28-,30-/m1/s1. The zero-order chi connectivity index (χ0) is 32.2. The van der Waals surface area contributed by atoms with Gasteiger partial charge in [0.15, 0.2) is 18.8 Å². The SMILES string of the molecule is CC(=O)O[C@@H]1O[C@H](COC(=O)c2ccc(OCC(=O)OCc3ccccc3)cc2)[C@@H](OC(C)=O)[C@H](OC(C)=O)[C@H]1OC(C)=O. The number of carbonyl (C=O) groups is 6. The first kappa shape index (κ1) is 33.5. The van der Waals surface area contributed by atoms with Crippen molar-refractivity contribution < 1.29 is 66.7 Å². The Kier molecular flexibility index (Phi) is 12.2. The summed E-state index contributed by atoms with van der Waals surface area (Å²) in [5.41, 5.74) is 0.921. The van der Waals surface area contributed by atoms with Crippen molar-refractivity contribution in [3.8, 4) is 5.75 Å². The van der Waals surface area contributed by atoms with Crippen molar-refractivity contribution in [2.75, 3.05) is 13.2 Å². The summed E-state index contributed by atoms with van der Waals surface area (Å²) in [5.74, 6) is -4.39. The van der Waals surface area contributed by atoms with Crippen LogP contribution in [-0.2, 0) is 63.7 Å². The second-order valence-corrected chi connectivity index (χ2v) is 9.43. The average molecular weight is 617 g/mol. The van der Waals surface area contributed by atoms with Gasteiger partial charge in [-0.3, -0.25) is 19.2 Å². The highest BCUT2D eigenvalue weighted by atomic mass is 16.7. The van der Waals surface area contributed by atoms with Gasteiger partial charge >= 0.3 is 35.8 Å². The van der Waals surface area contributed by atoms with Crippen molar-refractivity contribution in [2.45, 2.75) is 65.0 Å². The molecule has 3 rings (SSSR count). The molecule has 2 aromatic rings. The first-order chi connectivity index (χ1) is 20.9. The number of hydrogen-bond donors (Lipinski definition) is 0. The van der Waals surface area contributed by atoms with Crippen LogP contribution < -0.4 is 4.74 Å². The zero-order valence-corrected chi connectivity index (χ0v) is 24.4. The van der Waals surface area contributed by atoms with Crippen LogP contribution in [0, 0.1) is 0 Å². The molecule has 0 amide bonds. The molecule has 5 atom stereocenters. The van der Waals surface area contributed by atoms with Gasteiger partial charge in [-0.25, -0.2) is 9.59 Å². The summed E-state index contributed by atoms with van der Waals surface area (Å²) in [6.45, 7) is 3.49. The molecule has 0 N–H and O–H groups in total. The zero-order valence-electron chi connectivity index (χ0n) is 24.4. The molecule has 14 heteroatoms. The van der Waals surface area contributed by atoms with Crippen molar-refractivity contribution in [3.63, 3.8) is 0 Å². The maximum Gasteiger partial charge on any atom is 0.344 e. The number of carbonyl (C=O) groups excluding carboxylic acids is 6. The molecule has 14 nitrogen and oxygen atoms in total. The van der Waals surface area contributed by atoms with Gasteiger partial charge in [-0.1, -0.05) is 30.3 Å². The van der Waals surface area contributed by atoms with Gasteiger partial charge in [0.25, 0.3) is 0 Å². The predicted molar refractivity (Wildman–Crippen MR) is 146 cm³/mol. The van der Waals surface area contributed by atoms with Gasteiger partial charge in [0, 0.05) is 27.7 Å². The van der Waals surface area contributed by atoms with E-state index in [-0.39, 0.29) is 24.5 Å². The third-order valence-electron chi connectivity index (χ3n) is 5.85. The lowest BCUT2D eigenvalue weighted by Crippen LogP contribution is -2.63. The molecular weight excluding hydrogens is 584 g/mol. The van der Waals surface area contributed by atoms with Crippen LogP contribution in [0.1, 0.15) is 43.6 Å². The lowest BCUT2D eigenvalue weighted by molar-refractivity contribution is -0.299. The first-order valence-corrected chi connectivity index (χ1v) is 13.4. The van der Waals surface area contributed by atoms with Gasteiger partial charge in [-0.05, 0) is 29.8 Å². The highest BCUT2D eigenvalue weighted by molar-refractivity contribution is 5.89. The number of esters is 6. The highest BCUT2D eigenvalue weighted by Gasteiger charge is 2.53. The van der Waals surface area contributed by atoms with Gasteiger partial charge in [0.2, 0.25) is 12.4 Å². The molecule has 44 heavy (non-hydrogen) atoms. The molecule has 0 unspecified atom stereocenters. The Morgan fingerprint density at radius 1 is 0.659 bits per heavy atom. The van der Waals surface area contributed by atoms with Crippen molar-refractivity contribution in [1.82, 2.24) is 0 Å². The molecule has 0 aromatic heterocycles. The van der Waals surface area contributed by atoms with Crippen molar-refractivity contribution in [2.24, 2.45) is 0 Å². The van der Waals surface area contributed by atoms with E-state index in [0.717, 1.165) is 33.3 Å². The largest absolute Gasteiger partial charge is 0.482 e. The fraction of sp³-hybridized carbons (Fsp3) is 0.400. The quantitative estimate of drug-likeness (QED) is 0.250. The minimum atomic E-state index is -1.59. The monoisotopic (exact) mass is 616 g/mol. The van der Waals surface area contributed by atoms with Crippen molar-refractivity contribution in [1.29, 1.82) is 0 Å². The summed E-state index contributed by atoms with van der Waals surface area (Å²) in [7, 11) is 0. The second-order valence-electron chi connectivity index (χ2n) is 9.43. The van der Waals surface area contributed by atoms with Crippen molar-refractivity contribution in [3.05, 3.63) is 65.7 Å². The number of hydrogen-bond acceptors (Lipinski definition) is 14. The summed E-state index contributed by atoms with van der Waals surface area (Å²) >= 11 is 0. The number of benzene rings is 2. The van der Waals surface area contributed by atoms with E-state index in [4.69, 9.17) is 37.9 Å². The Morgan fingerprint density at radius 3 is 1.82 bits per heavy atom. The van der Waals surface area contributed by atoms with E-state index in [9.17, 15) is 28.8 Å². The topological polar surface area (TPSA) is 176 Å². The normalized spacial score (nSPS) is 20.8. The molecule has 0 radical (unpaired) electrons. The second kappa shape index (κ2) is 16.0. The average Bonchev–Trinajstić information content (AvgIpc) is 2.96. The third-order valence-corrected chi connectivity index (χ3v) is 5.85. The number of rotatable bonds is 12. The molecule has 1 saturated heterocycles. The number of ether oxygens (including phenoxy) is 8. The molecule has 1 aliphatic heterocycles. The van der Waals surface area contributed by atoms with E-state index in [2.05, 4.69) is 0 Å². The maximum atomic E-state index is 12.8. The van der Waals surface area contributed by atoms with Gasteiger partial charge in [0.1, 0.15) is 25.1 Å². The van der Waals surface area contributed by atoms with Crippen LogP contribution in [0.2, 0.25) is 0 Å². The van der Waals surface area contributed by atoms with E-state index < -0.39 is 73.1 Å². The minimum absolute atomic E-state index is 0.0923. The summed E-state index contributed by atoms with van der Waals surface area (Å²) in [6.07, 6.45) is -7.30. The summed E-state index contributed by atoms with van der Waals surface area (Å²) in [5, 5.41) is 0. The van der Waals surface area contributed by atoms with Crippen LogP contribution in [0.5, 0.6) is 5.75 Å². The van der Waals surface area contributed by atoms with Gasteiger partial charge < -0.3 is 37.9 Å². The van der Waals surface area contributed by atoms with Gasteiger partial charge in [-0.2, -0.15) is 0 Å². The molecule has 2 aromatic carbocycles. The van der Waals surface area contributed by atoms with Crippen LogP contribution in [-0.4, -0.2) is 79.7 Å². The lowest BCUT2D eigenvalue weighted by atomic mass is 9.98. The van der Waals surface area contributed by atoms with E-state index in [1.54, 1.807) is 0 Å². The smallest absolute Gasteiger partial charge is 0.344 e. The maximum absolute atomic E-state index is 12.8. The molecule has 0 spiro atoms. The molecule has 0 aliphatic carbocycles. The molecular formula is C30H32O14. The lowest BCUT2D eigenvalue weighted by Gasteiger charge is -2.43. The first-order valence-electron chi connectivity index (χ1n) is 13.4. The highest BCUT2D eigenvalue weighted by Crippen LogP contribution is 2.30. The Morgan fingerprint density at radius 2 is 1.23 bits per heavy atom. The van der Waals surface area contributed by atoms with Crippen LogP contribution in [0.15, 0.2) is 54.6 Å². The molecule has 1 fully saturated rings. The Labute approximate surface area is 252 Å².